The molecular weight excluding hydrogens is 245 g/mol. The Hall–Kier alpha value is -1.93. The smallest absolute Gasteiger partial charge is 0.233 e. The first-order valence-corrected chi connectivity index (χ1v) is 6.19. The minimum absolute atomic E-state index is 0.0172. The molecule has 0 bridgehead atoms. The van der Waals surface area contributed by atoms with Crippen LogP contribution in [0.2, 0.25) is 0 Å². The Morgan fingerprint density at radius 1 is 1.47 bits per heavy atom. The Labute approximate surface area is 112 Å². The number of nitriles is 1. The maximum Gasteiger partial charge on any atom is 0.233 e. The Bertz CT molecular complexity index is 480. The zero-order valence-corrected chi connectivity index (χ0v) is 11.2. The first kappa shape index (κ1) is 15.1. The molecule has 0 unspecified atom stereocenters. The summed E-state index contributed by atoms with van der Waals surface area (Å²) in [6.07, 6.45) is 0. The van der Waals surface area contributed by atoms with Gasteiger partial charge < -0.3 is 10.6 Å². The molecule has 0 heterocycles. The largest absolute Gasteiger partial charge is 0.355 e. The molecule has 1 aromatic rings. The zero-order chi connectivity index (χ0) is 14.3. The van der Waals surface area contributed by atoms with Crippen LogP contribution in [0.15, 0.2) is 18.2 Å². The molecule has 0 fully saturated rings. The van der Waals surface area contributed by atoms with Crippen LogP contribution in [0.4, 0.5) is 4.39 Å². The number of amides is 1. The van der Waals surface area contributed by atoms with E-state index in [4.69, 9.17) is 5.26 Å². The fraction of sp³-hybridized carbons (Fsp3) is 0.429. The Morgan fingerprint density at radius 2 is 2.21 bits per heavy atom. The number of benzene rings is 1. The van der Waals surface area contributed by atoms with Crippen LogP contribution >= 0.6 is 0 Å². The highest BCUT2D eigenvalue weighted by Gasteiger charge is 2.04. The van der Waals surface area contributed by atoms with Gasteiger partial charge >= 0.3 is 0 Å². The van der Waals surface area contributed by atoms with Crippen molar-refractivity contribution in [3.05, 3.63) is 35.1 Å². The van der Waals surface area contributed by atoms with Gasteiger partial charge in [0.25, 0.3) is 0 Å². The van der Waals surface area contributed by atoms with Crippen LogP contribution in [0.3, 0.4) is 0 Å². The van der Waals surface area contributed by atoms with E-state index in [1.165, 1.54) is 12.1 Å². The monoisotopic (exact) mass is 263 g/mol. The summed E-state index contributed by atoms with van der Waals surface area (Å²) in [5, 5.41) is 14.4. The van der Waals surface area contributed by atoms with E-state index in [2.05, 4.69) is 10.6 Å². The molecule has 0 aliphatic carbocycles. The molecule has 0 spiro atoms. The highest BCUT2D eigenvalue weighted by atomic mass is 19.1. The van der Waals surface area contributed by atoms with Gasteiger partial charge in [0, 0.05) is 13.1 Å². The summed E-state index contributed by atoms with van der Waals surface area (Å²) in [7, 11) is 0. The van der Waals surface area contributed by atoms with E-state index < -0.39 is 5.82 Å². The Morgan fingerprint density at radius 3 is 2.84 bits per heavy atom. The third-order valence-corrected chi connectivity index (χ3v) is 2.47. The van der Waals surface area contributed by atoms with Crippen molar-refractivity contribution in [2.45, 2.75) is 20.4 Å². The molecule has 1 amide bonds. The van der Waals surface area contributed by atoms with Crippen LogP contribution < -0.4 is 10.6 Å². The molecule has 0 saturated heterocycles. The molecule has 5 heteroatoms. The molecule has 0 aliphatic heterocycles. The van der Waals surface area contributed by atoms with Crippen LogP contribution in [-0.4, -0.2) is 19.0 Å². The van der Waals surface area contributed by atoms with Gasteiger partial charge in [-0.25, -0.2) is 4.39 Å². The van der Waals surface area contributed by atoms with Gasteiger partial charge in [0.2, 0.25) is 5.91 Å². The molecule has 4 nitrogen and oxygen atoms in total. The molecule has 19 heavy (non-hydrogen) atoms. The van der Waals surface area contributed by atoms with Crippen molar-refractivity contribution >= 4 is 5.91 Å². The average molecular weight is 263 g/mol. The molecule has 0 aliphatic rings. The zero-order valence-electron chi connectivity index (χ0n) is 11.2. The van der Waals surface area contributed by atoms with E-state index in [0.717, 1.165) is 5.56 Å². The normalized spacial score (nSPS) is 10.3. The van der Waals surface area contributed by atoms with Crippen molar-refractivity contribution in [2.24, 2.45) is 5.92 Å². The lowest BCUT2D eigenvalue weighted by Crippen LogP contribution is -2.35. The molecule has 2 N–H and O–H groups in total. The van der Waals surface area contributed by atoms with Crippen molar-refractivity contribution < 1.29 is 9.18 Å². The van der Waals surface area contributed by atoms with Gasteiger partial charge in [-0.2, -0.15) is 5.26 Å². The van der Waals surface area contributed by atoms with Crippen LogP contribution in [-0.2, 0) is 11.3 Å². The molecule has 1 rings (SSSR count). The highest BCUT2D eigenvalue weighted by molar-refractivity contribution is 5.77. The van der Waals surface area contributed by atoms with Gasteiger partial charge in [0.1, 0.15) is 11.9 Å². The van der Waals surface area contributed by atoms with Crippen LogP contribution in [0.5, 0.6) is 0 Å². The number of carbonyl (C=O) groups is 1. The SMILES string of the molecule is CC(C)CNC(=O)CNCc1ccc(F)c(C#N)c1. The predicted octanol–water partition coefficient (Wildman–Crippen LogP) is 1.56. The first-order chi connectivity index (χ1) is 9.02. The van der Waals surface area contributed by atoms with Gasteiger partial charge in [-0.15, -0.1) is 0 Å². The quantitative estimate of drug-likeness (QED) is 0.818. The first-order valence-electron chi connectivity index (χ1n) is 6.19. The number of nitrogens with one attached hydrogen (secondary N) is 2. The second kappa shape index (κ2) is 7.49. The molecule has 0 radical (unpaired) electrons. The number of carbonyl (C=O) groups excluding carboxylic acids is 1. The van der Waals surface area contributed by atoms with E-state index >= 15 is 0 Å². The van der Waals surface area contributed by atoms with E-state index in [0.29, 0.717) is 19.0 Å². The van der Waals surface area contributed by atoms with Crippen molar-refractivity contribution in [2.75, 3.05) is 13.1 Å². The average Bonchev–Trinajstić information content (AvgIpc) is 2.38. The van der Waals surface area contributed by atoms with E-state index in [-0.39, 0.29) is 18.0 Å². The second-order valence-corrected chi connectivity index (χ2v) is 4.73. The summed E-state index contributed by atoms with van der Waals surface area (Å²) in [4.78, 5) is 11.4. The molecule has 0 saturated carbocycles. The summed E-state index contributed by atoms with van der Waals surface area (Å²) in [6.45, 7) is 5.32. The van der Waals surface area contributed by atoms with Crippen LogP contribution in [0.1, 0.15) is 25.0 Å². The standard InChI is InChI=1S/C14H18FN3O/c1-10(2)7-18-14(19)9-17-8-11-3-4-13(15)12(5-11)6-16/h3-5,10,17H,7-9H2,1-2H3,(H,18,19). The topological polar surface area (TPSA) is 64.9 Å². The maximum absolute atomic E-state index is 13.1. The van der Waals surface area contributed by atoms with E-state index in [1.54, 1.807) is 12.1 Å². The van der Waals surface area contributed by atoms with Crippen molar-refractivity contribution in [3.8, 4) is 6.07 Å². The fourth-order valence-electron chi connectivity index (χ4n) is 1.47. The molecular formula is C14H18FN3O. The third kappa shape index (κ3) is 5.49. The molecule has 102 valence electrons. The van der Waals surface area contributed by atoms with Crippen LogP contribution in [0.25, 0.3) is 0 Å². The fourth-order valence-corrected chi connectivity index (χ4v) is 1.47. The highest BCUT2D eigenvalue weighted by Crippen LogP contribution is 2.09. The van der Waals surface area contributed by atoms with Crippen molar-refractivity contribution in [1.29, 1.82) is 5.26 Å². The minimum atomic E-state index is -0.527. The lowest BCUT2D eigenvalue weighted by Gasteiger charge is -2.08. The number of rotatable bonds is 6. The molecule has 0 aromatic heterocycles. The maximum atomic E-state index is 13.1. The Kier molecular flexibility index (Phi) is 5.97. The summed E-state index contributed by atoms with van der Waals surface area (Å²) < 4.78 is 13.1. The molecule has 1 aromatic carbocycles. The van der Waals surface area contributed by atoms with Gasteiger partial charge in [-0.1, -0.05) is 19.9 Å². The second-order valence-electron chi connectivity index (χ2n) is 4.73. The minimum Gasteiger partial charge on any atom is -0.355 e. The van der Waals surface area contributed by atoms with E-state index in [9.17, 15) is 9.18 Å². The number of nitrogens with zero attached hydrogens (tertiary/aromatic N) is 1. The third-order valence-electron chi connectivity index (χ3n) is 2.47. The molecule has 0 atom stereocenters. The van der Waals surface area contributed by atoms with Gasteiger partial charge in [-0.3, -0.25) is 4.79 Å². The number of hydrogen-bond donors (Lipinski definition) is 2. The van der Waals surface area contributed by atoms with Crippen molar-refractivity contribution in [1.82, 2.24) is 10.6 Å². The number of halogens is 1. The Balaban J connectivity index is 2.37. The van der Waals surface area contributed by atoms with E-state index in [1.807, 2.05) is 13.8 Å². The summed E-state index contributed by atoms with van der Waals surface area (Å²) in [6, 6.07) is 6.12. The summed E-state index contributed by atoms with van der Waals surface area (Å²) in [5.41, 5.74) is 0.790. The number of hydrogen-bond acceptors (Lipinski definition) is 3. The predicted molar refractivity (Wildman–Crippen MR) is 70.7 cm³/mol. The summed E-state index contributed by atoms with van der Waals surface area (Å²) in [5.74, 6) is -0.184. The van der Waals surface area contributed by atoms with Crippen molar-refractivity contribution in [3.63, 3.8) is 0 Å². The van der Waals surface area contributed by atoms with Gasteiger partial charge in [0.15, 0.2) is 0 Å². The summed E-state index contributed by atoms with van der Waals surface area (Å²) >= 11 is 0. The lowest BCUT2D eigenvalue weighted by molar-refractivity contribution is -0.120. The van der Waals surface area contributed by atoms with Gasteiger partial charge in [-0.05, 0) is 23.6 Å². The van der Waals surface area contributed by atoms with Crippen LogP contribution in [0, 0.1) is 23.1 Å². The lowest BCUT2D eigenvalue weighted by atomic mass is 10.1. The van der Waals surface area contributed by atoms with Gasteiger partial charge in [0.05, 0.1) is 12.1 Å².